The first kappa shape index (κ1) is 23.8. The molecule has 1 saturated heterocycles. The van der Waals surface area contributed by atoms with Crippen molar-refractivity contribution in [2.45, 2.75) is 19.5 Å². The highest BCUT2D eigenvalue weighted by atomic mass is 19.2. The van der Waals surface area contributed by atoms with Gasteiger partial charge in [0.05, 0.1) is 18.3 Å². The minimum Gasteiger partial charge on any atom is -0.454 e. The van der Waals surface area contributed by atoms with E-state index < -0.39 is 41.6 Å². The summed E-state index contributed by atoms with van der Waals surface area (Å²) in [6.45, 7) is 5.19. The maximum absolute atomic E-state index is 13.7. The molecule has 182 valence electrons. The lowest BCUT2D eigenvalue weighted by Crippen LogP contribution is -2.54. The van der Waals surface area contributed by atoms with Crippen molar-refractivity contribution in [1.29, 1.82) is 0 Å². The molecule has 34 heavy (non-hydrogen) atoms. The summed E-state index contributed by atoms with van der Waals surface area (Å²) in [5, 5.41) is 4.62. The normalized spacial score (nSPS) is 16.8. The Bertz CT molecular complexity index is 1080. The highest BCUT2D eigenvalue weighted by Crippen LogP contribution is 2.32. The molecule has 4 rings (SSSR count). The minimum absolute atomic E-state index is 0.237. The number of halogens is 3. The number of piperazine rings is 1. The van der Waals surface area contributed by atoms with Gasteiger partial charge in [-0.3, -0.25) is 19.4 Å². The predicted molar refractivity (Wildman–Crippen MR) is 117 cm³/mol. The molecule has 1 fully saturated rings. The van der Waals surface area contributed by atoms with Gasteiger partial charge in [-0.05, 0) is 36.8 Å². The number of nitrogens with zero attached hydrogens (tertiary/aromatic N) is 2. The molecule has 0 radical (unpaired) electrons. The second kappa shape index (κ2) is 10.3. The van der Waals surface area contributed by atoms with E-state index in [1.807, 2.05) is 23.1 Å². The molecule has 0 spiro atoms. The number of carbonyl (C=O) groups is 2. The van der Waals surface area contributed by atoms with Crippen LogP contribution < -0.4 is 20.1 Å². The van der Waals surface area contributed by atoms with E-state index in [-0.39, 0.29) is 12.7 Å². The third-order valence-electron chi connectivity index (χ3n) is 5.91. The van der Waals surface area contributed by atoms with Crippen molar-refractivity contribution < 1.29 is 32.2 Å². The molecule has 2 amide bonds. The third-order valence-corrected chi connectivity index (χ3v) is 5.91. The molecule has 0 aliphatic carbocycles. The average molecular weight is 478 g/mol. The molecule has 2 N–H and O–H groups in total. The van der Waals surface area contributed by atoms with Crippen molar-refractivity contribution in [2.24, 2.45) is 0 Å². The molecule has 2 aromatic carbocycles. The summed E-state index contributed by atoms with van der Waals surface area (Å²) in [4.78, 5) is 28.8. The standard InChI is InChI=1S/C23H25F3N4O4/c1-14(23(32)27-11-20(31)28-17-4-3-16(24)21(25)22(17)26)30-8-6-29(7-9-30)12-15-2-5-18-19(10-15)34-13-33-18/h2-5,10,14H,6-9,11-13H2,1H3,(H,27,32)(H,28,31)/t14-/m0/s1. The molecule has 2 heterocycles. The fourth-order valence-electron chi connectivity index (χ4n) is 3.90. The van der Waals surface area contributed by atoms with E-state index in [0.717, 1.165) is 42.8 Å². The van der Waals surface area contributed by atoms with Gasteiger partial charge in [0.1, 0.15) is 0 Å². The quantitative estimate of drug-likeness (QED) is 0.594. The largest absolute Gasteiger partial charge is 0.454 e. The van der Waals surface area contributed by atoms with Crippen molar-refractivity contribution in [3.8, 4) is 11.5 Å². The molecule has 2 aromatic rings. The fraction of sp³-hybridized carbons (Fsp3) is 0.391. The Kier molecular flexibility index (Phi) is 7.23. The molecule has 0 saturated carbocycles. The van der Waals surface area contributed by atoms with Gasteiger partial charge in [0, 0.05) is 32.7 Å². The highest BCUT2D eigenvalue weighted by molar-refractivity contribution is 5.95. The highest BCUT2D eigenvalue weighted by Gasteiger charge is 2.26. The van der Waals surface area contributed by atoms with Gasteiger partial charge in [-0.25, -0.2) is 13.2 Å². The first-order valence-corrected chi connectivity index (χ1v) is 10.9. The minimum atomic E-state index is -1.67. The van der Waals surface area contributed by atoms with Crippen molar-refractivity contribution in [3.63, 3.8) is 0 Å². The van der Waals surface area contributed by atoms with Gasteiger partial charge in [-0.2, -0.15) is 0 Å². The number of nitrogens with one attached hydrogen (secondary N) is 2. The number of anilines is 1. The zero-order chi connectivity index (χ0) is 24.2. The van der Waals surface area contributed by atoms with Crippen molar-refractivity contribution in [1.82, 2.24) is 15.1 Å². The van der Waals surface area contributed by atoms with Crippen molar-refractivity contribution in [3.05, 3.63) is 53.3 Å². The van der Waals surface area contributed by atoms with Gasteiger partial charge in [0.2, 0.25) is 18.6 Å². The summed E-state index contributed by atoms with van der Waals surface area (Å²) < 4.78 is 50.7. The van der Waals surface area contributed by atoms with E-state index in [9.17, 15) is 22.8 Å². The van der Waals surface area contributed by atoms with Crippen LogP contribution >= 0.6 is 0 Å². The summed E-state index contributed by atoms with van der Waals surface area (Å²) in [6.07, 6.45) is 0. The lowest BCUT2D eigenvalue weighted by Gasteiger charge is -2.37. The van der Waals surface area contributed by atoms with Crippen LogP contribution in [-0.2, 0) is 16.1 Å². The van der Waals surface area contributed by atoms with E-state index in [1.165, 1.54) is 0 Å². The lowest BCUT2D eigenvalue weighted by atomic mass is 10.1. The van der Waals surface area contributed by atoms with E-state index in [1.54, 1.807) is 6.92 Å². The molecule has 0 aromatic heterocycles. The molecule has 11 heteroatoms. The van der Waals surface area contributed by atoms with E-state index in [2.05, 4.69) is 15.5 Å². The number of fused-ring (bicyclic) bond motifs is 1. The van der Waals surface area contributed by atoms with E-state index in [0.29, 0.717) is 19.2 Å². The Balaban J connectivity index is 1.21. The number of hydrogen-bond donors (Lipinski definition) is 2. The second-order valence-electron chi connectivity index (χ2n) is 8.16. The van der Waals surface area contributed by atoms with Crippen LogP contribution in [0.25, 0.3) is 0 Å². The van der Waals surface area contributed by atoms with E-state index >= 15 is 0 Å². The van der Waals surface area contributed by atoms with Gasteiger partial charge in [0.15, 0.2) is 29.0 Å². The smallest absolute Gasteiger partial charge is 0.243 e. The molecule has 2 aliphatic heterocycles. The molecule has 2 aliphatic rings. The Morgan fingerprint density at radius 3 is 2.50 bits per heavy atom. The molecule has 0 bridgehead atoms. The van der Waals surface area contributed by atoms with Gasteiger partial charge >= 0.3 is 0 Å². The Labute approximate surface area is 194 Å². The number of carbonyl (C=O) groups excluding carboxylic acids is 2. The van der Waals surface area contributed by atoms with Crippen LogP contribution in [0.3, 0.4) is 0 Å². The van der Waals surface area contributed by atoms with Gasteiger partial charge in [-0.1, -0.05) is 6.07 Å². The molecule has 8 nitrogen and oxygen atoms in total. The summed E-state index contributed by atoms with van der Waals surface area (Å²) in [7, 11) is 0. The van der Waals surface area contributed by atoms with Gasteiger partial charge in [0.25, 0.3) is 0 Å². The maximum Gasteiger partial charge on any atom is 0.243 e. The Morgan fingerprint density at radius 1 is 1.00 bits per heavy atom. The predicted octanol–water partition coefficient (Wildman–Crippen LogP) is 2.09. The molecule has 1 atom stereocenters. The van der Waals surface area contributed by atoms with Crippen LogP contribution in [0.4, 0.5) is 18.9 Å². The second-order valence-corrected chi connectivity index (χ2v) is 8.16. The zero-order valence-electron chi connectivity index (χ0n) is 18.6. The average Bonchev–Trinajstić information content (AvgIpc) is 3.31. The molecular weight excluding hydrogens is 453 g/mol. The first-order valence-electron chi connectivity index (χ1n) is 10.9. The SMILES string of the molecule is C[C@@H](C(=O)NCC(=O)Nc1ccc(F)c(F)c1F)N1CCN(Cc2ccc3c(c2)OCO3)CC1. The first-order chi connectivity index (χ1) is 16.3. The summed E-state index contributed by atoms with van der Waals surface area (Å²) in [6, 6.07) is 7.03. The summed E-state index contributed by atoms with van der Waals surface area (Å²) in [5.74, 6) is -4.13. The molecular formula is C23H25F3N4O4. The van der Waals surface area contributed by atoms with Gasteiger partial charge < -0.3 is 20.1 Å². The topological polar surface area (TPSA) is 83.1 Å². The van der Waals surface area contributed by atoms with Crippen LogP contribution in [-0.4, -0.2) is 67.2 Å². The monoisotopic (exact) mass is 478 g/mol. The number of hydrogen-bond acceptors (Lipinski definition) is 6. The third kappa shape index (κ3) is 5.42. The number of rotatable bonds is 7. The zero-order valence-corrected chi connectivity index (χ0v) is 18.6. The number of benzene rings is 2. The Hall–Kier alpha value is -3.31. The van der Waals surface area contributed by atoms with Crippen LogP contribution in [0, 0.1) is 17.5 Å². The maximum atomic E-state index is 13.7. The van der Waals surface area contributed by atoms with Crippen molar-refractivity contribution in [2.75, 3.05) is 44.8 Å². The van der Waals surface area contributed by atoms with Crippen LogP contribution in [0.15, 0.2) is 30.3 Å². The number of ether oxygens (including phenoxy) is 2. The number of amides is 2. The van der Waals surface area contributed by atoms with Gasteiger partial charge in [-0.15, -0.1) is 0 Å². The van der Waals surface area contributed by atoms with Crippen LogP contribution in [0.5, 0.6) is 11.5 Å². The fourth-order valence-corrected chi connectivity index (χ4v) is 3.90. The summed E-state index contributed by atoms with van der Waals surface area (Å²) >= 11 is 0. The summed E-state index contributed by atoms with van der Waals surface area (Å²) in [5.41, 5.74) is 0.622. The lowest BCUT2D eigenvalue weighted by molar-refractivity contribution is -0.128. The Morgan fingerprint density at radius 2 is 1.74 bits per heavy atom. The van der Waals surface area contributed by atoms with Crippen LogP contribution in [0.2, 0.25) is 0 Å². The molecule has 0 unspecified atom stereocenters. The van der Waals surface area contributed by atoms with Crippen molar-refractivity contribution >= 4 is 17.5 Å². The van der Waals surface area contributed by atoms with Crippen LogP contribution in [0.1, 0.15) is 12.5 Å². The van der Waals surface area contributed by atoms with E-state index in [4.69, 9.17) is 9.47 Å².